The second-order valence-electron chi connectivity index (χ2n) is 8.25. The zero-order valence-electron chi connectivity index (χ0n) is 17.9. The number of aryl methyl sites for hydroxylation is 1. The van der Waals surface area contributed by atoms with Gasteiger partial charge in [0.1, 0.15) is 0 Å². The van der Waals surface area contributed by atoms with Gasteiger partial charge < -0.3 is 10.6 Å². The Balaban J connectivity index is 0.00000300. The first-order valence-electron chi connectivity index (χ1n) is 10.1. The SMILES string of the molecule is CN=C(NCC1CCN(Cc2csc(C)n2)CC1)NCC(C)(C)c1cccs1.I. The van der Waals surface area contributed by atoms with Crippen LogP contribution in [0.15, 0.2) is 27.9 Å². The summed E-state index contributed by atoms with van der Waals surface area (Å²) in [5.74, 6) is 1.61. The summed E-state index contributed by atoms with van der Waals surface area (Å²) in [6.07, 6.45) is 2.46. The lowest BCUT2D eigenvalue weighted by atomic mass is 9.91. The van der Waals surface area contributed by atoms with Crippen molar-refractivity contribution >= 4 is 52.6 Å². The quantitative estimate of drug-likeness (QED) is 0.305. The second kappa shape index (κ2) is 11.6. The average molecular weight is 548 g/mol. The number of piperidine rings is 1. The number of aliphatic imine (C=N–C) groups is 1. The molecule has 0 amide bonds. The highest BCUT2D eigenvalue weighted by Gasteiger charge is 2.23. The molecule has 0 unspecified atom stereocenters. The minimum absolute atomic E-state index is 0. The summed E-state index contributed by atoms with van der Waals surface area (Å²) in [6, 6.07) is 4.33. The van der Waals surface area contributed by atoms with E-state index >= 15 is 0 Å². The number of thiophene rings is 1. The fourth-order valence-electron chi connectivity index (χ4n) is 3.58. The standard InChI is InChI=1S/C21H33N5S2.HI/c1-16-25-18(14-28-16)13-26-9-7-17(8-10-26)12-23-20(22-4)24-15-21(2,3)19-6-5-11-27-19;/h5-6,11,14,17H,7-10,12-13,15H2,1-4H3,(H2,22,23,24);1H. The number of hydrogen-bond donors (Lipinski definition) is 2. The summed E-state index contributed by atoms with van der Waals surface area (Å²) in [5.41, 5.74) is 1.32. The van der Waals surface area contributed by atoms with Crippen LogP contribution in [0.1, 0.15) is 42.3 Å². The van der Waals surface area contributed by atoms with Gasteiger partial charge in [0.2, 0.25) is 0 Å². The third-order valence-corrected chi connectivity index (χ3v) is 7.49. The van der Waals surface area contributed by atoms with Crippen LogP contribution >= 0.6 is 46.7 Å². The number of likely N-dealkylation sites (tertiary alicyclic amines) is 1. The van der Waals surface area contributed by atoms with Gasteiger partial charge in [-0.15, -0.1) is 46.7 Å². The Morgan fingerprint density at radius 1 is 1.28 bits per heavy atom. The van der Waals surface area contributed by atoms with Crippen LogP contribution in [0.3, 0.4) is 0 Å². The first-order valence-corrected chi connectivity index (χ1v) is 11.8. The molecule has 0 radical (unpaired) electrons. The van der Waals surface area contributed by atoms with Crippen LogP contribution in [0, 0.1) is 12.8 Å². The lowest BCUT2D eigenvalue weighted by molar-refractivity contribution is 0.176. The zero-order valence-corrected chi connectivity index (χ0v) is 21.9. The summed E-state index contributed by atoms with van der Waals surface area (Å²) in [4.78, 5) is 12.9. The van der Waals surface area contributed by atoms with E-state index in [4.69, 9.17) is 0 Å². The van der Waals surface area contributed by atoms with Crippen molar-refractivity contribution in [3.8, 4) is 0 Å². The third-order valence-electron chi connectivity index (χ3n) is 5.43. The summed E-state index contributed by atoms with van der Waals surface area (Å²) in [5, 5.41) is 12.5. The number of thiazole rings is 1. The molecule has 8 heteroatoms. The number of nitrogens with zero attached hydrogens (tertiary/aromatic N) is 3. The molecule has 0 aromatic carbocycles. The van der Waals surface area contributed by atoms with Crippen LogP contribution in [-0.4, -0.2) is 49.1 Å². The fourth-order valence-corrected chi connectivity index (χ4v) is 5.03. The lowest BCUT2D eigenvalue weighted by Crippen LogP contribution is -2.45. The number of guanidine groups is 1. The smallest absolute Gasteiger partial charge is 0.191 e. The highest BCUT2D eigenvalue weighted by molar-refractivity contribution is 14.0. The van der Waals surface area contributed by atoms with Crippen LogP contribution < -0.4 is 10.6 Å². The molecule has 1 aliphatic heterocycles. The molecular weight excluding hydrogens is 513 g/mol. The average Bonchev–Trinajstić information content (AvgIpc) is 3.35. The summed E-state index contributed by atoms with van der Waals surface area (Å²) < 4.78 is 0. The lowest BCUT2D eigenvalue weighted by Gasteiger charge is -2.32. The number of nitrogens with one attached hydrogen (secondary N) is 2. The summed E-state index contributed by atoms with van der Waals surface area (Å²) >= 11 is 3.56. The molecule has 3 heterocycles. The molecule has 5 nitrogen and oxygen atoms in total. The van der Waals surface area contributed by atoms with E-state index in [0.717, 1.165) is 43.7 Å². The number of rotatable bonds is 7. The molecule has 2 aromatic heterocycles. The van der Waals surface area contributed by atoms with E-state index in [0.29, 0.717) is 5.92 Å². The molecule has 1 aliphatic rings. The highest BCUT2D eigenvalue weighted by Crippen LogP contribution is 2.26. The van der Waals surface area contributed by atoms with E-state index in [1.165, 1.54) is 23.4 Å². The number of aromatic nitrogens is 1. The van der Waals surface area contributed by atoms with Gasteiger partial charge in [0.05, 0.1) is 10.7 Å². The van der Waals surface area contributed by atoms with Crippen LogP contribution in [0.5, 0.6) is 0 Å². The molecule has 3 rings (SSSR count). The molecule has 0 spiro atoms. The van der Waals surface area contributed by atoms with Gasteiger partial charge in [0.15, 0.2) is 5.96 Å². The first-order chi connectivity index (χ1) is 13.5. The molecule has 0 saturated carbocycles. The molecule has 2 N–H and O–H groups in total. The maximum Gasteiger partial charge on any atom is 0.191 e. The highest BCUT2D eigenvalue weighted by atomic mass is 127. The molecule has 2 aromatic rings. The normalized spacial score (nSPS) is 16.5. The van der Waals surface area contributed by atoms with Gasteiger partial charge in [-0.3, -0.25) is 9.89 Å². The Morgan fingerprint density at radius 3 is 2.62 bits per heavy atom. The predicted molar refractivity (Wildman–Crippen MR) is 137 cm³/mol. The Bertz CT molecular complexity index is 749. The summed E-state index contributed by atoms with van der Waals surface area (Å²) in [7, 11) is 1.85. The second-order valence-corrected chi connectivity index (χ2v) is 10.3. The van der Waals surface area contributed by atoms with E-state index < -0.39 is 0 Å². The van der Waals surface area contributed by atoms with Gasteiger partial charge in [-0.05, 0) is 50.2 Å². The maximum absolute atomic E-state index is 4.59. The molecule has 162 valence electrons. The number of halogens is 1. The van der Waals surface area contributed by atoms with Crippen molar-refractivity contribution in [1.82, 2.24) is 20.5 Å². The van der Waals surface area contributed by atoms with E-state index in [2.05, 4.69) is 69.2 Å². The largest absolute Gasteiger partial charge is 0.356 e. The van der Waals surface area contributed by atoms with E-state index in [9.17, 15) is 0 Å². The zero-order chi connectivity index (χ0) is 20.0. The molecule has 0 atom stereocenters. The van der Waals surface area contributed by atoms with Crippen LogP contribution in [-0.2, 0) is 12.0 Å². The summed E-state index contributed by atoms with van der Waals surface area (Å²) in [6.45, 7) is 11.8. The molecular formula is C21H34IN5S2. The van der Waals surface area contributed by atoms with Gasteiger partial charge in [-0.2, -0.15) is 0 Å². The van der Waals surface area contributed by atoms with E-state index in [1.807, 2.05) is 18.4 Å². The van der Waals surface area contributed by atoms with Gasteiger partial charge in [-0.25, -0.2) is 4.98 Å². The van der Waals surface area contributed by atoms with Crippen molar-refractivity contribution in [2.75, 3.05) is 33.2 Å². The minimum atomic E-state index is 0. The Morgan fingerprint density at radius 2 is 2.03 bits per heavy atom. The van der Waals surface area contributed by atoms with Crippen molar-refractivity contribution in [2.24, 2.45) is 10.9 Å². The van der Waals surface area contributed by atoms with E-state index in [1.54, 1.807) is 11.3 Å². The molecule has 29 heavy (non-hydrogen) atoms. The topological polar surface area (TPSA) is 52.6 Å². The minimum Gasteiger partial charge on any atom is -0.356 e. The van der Waals surface area contributed by atoms with Crippen molar-refractivity contribution < 1.29 is 0 Å². The van der Waals surface area contributed by atoms with Gasteiger partial charge in [-0.1, -0.05) is 19.9 Å². The van der Waals surface area contributed by atoms with Gasteiger partial charge in [0, 0.05) is 42.4 Å². The third kappa shape index (κ3) is 7.48. The maximum atomic E-state index is 4.59. The van der Waals surface area contributed by atoms with Crippen molar-refractivity contribution in [1.29, 1.82) is 0 Å². The van der Waals surface area contributed by atoms with Crippen molar-refractivity contribution in [3.05, 3.63) is 38.5 Å². The molecule has 1 fully saturated rings. The van der Waals surface area contributed by atoms with Gasteiger partial charge >= 0.3 is 0 Å². The first kappa shape index (κ1) is 24.6. The van der Waals surface area contributed by atoms with Crippen molar-refractivity contribution in [2.45, 2.75) is 45.6 Å². The van der Waals surface area contributed by atoms with Crippen LogP contribution in [0.2, 0.25) is 0 Å². The van der Waals surface area contributed by atoms with Crippen LogP contribution in [0.4, 0.5) is 0 Å². The molecule has 1 saturated heterocycles. The fraction of sp³-hybridized carbons (Fsp3) is 0.619. The van der Waals surface area contributed by atoms with Crippen LogP contribution in [0.25, 0.3) is 0 Å². The Hall–Kier alpha value is -0.710. The monoisotopic (exact) mass is 547 g/mol. The van der Waals surface area contributed by atoms with Crippen molar-refractivity contribution in [3.63, 3.8) is 0 Å². The van der Waals surface area contributed by atoms with Gasteiger partial charge in [0.25, 0.3) is 0 Å². The Labute approximate surface area is 200 Å². The molecule has 0 bridgehead atoms. The molecule has 0 aliphatic carbocycles. The predicted octanol–water partition coefficient (Wildman–Crippen LogP) is 4.49. The number of hydrogen-bond acceptors (Lipinski definition) is 5. The Kier molecular flexibility index (Phi) is 9.84. The van der Waals surface area contributed by atoms with E-state index in [-0.39, 0.29) is 29.4 Å².